The number of anilines is 1. The molecule has 2 rings (SSSR count). The lowest BCUT2D eigenvalue weighted by atomic mass is 9.88. The molecule has 2 bridgehead atoms. The maximum Gasteiger partial charge on any atom is 0.405 e. The van der Waals surface area contributed by atoms with Gasteiger partial charge in [0.1, 0.15) is 6.10 Å². The Morgan fingerprint density at radius 3 is 2.42 bits per heavy atom. The van der Waals surface area contributed by atoms with E-state index in [1.165, 1.54) is 20.3 Å². The monoisotopic (exact) mass is 532 g/mol. The number of phenolic OH excluding ortho intramolecular Hbond substituents is 2. The van der Waals surface area contributed by atoms with Crippen molar-refractivity contribution in [3.63, 3.8) is 0 Å². The van der Waals surface area contributed by atoms with Gasteiger partial charge in [-0.05, 0) is 44.2 Å². The van der Waals surface area contributed by atoms with Crippen molar-refractivity contribution in [1.29, 1.82) is 0 Å². The average molecular weight is 533 g/mol. The van der Waals surface area contributed by atoms with Crippen LogP contribution in [0.4, 0.5) is 10.5 Å². The summed E-state index contributed by atoms with van der Waals surface area (Å²) in [7, 11) is 2.97. The molecule has 1 heterocycles. The molecule has 0 radical (unpaired) electrons. The average Bonchev–Trinajstić information content (AvgIpc) is 2.85. The Labute approximate surface area is 223 Å². The number of amides is 2. The number of ether oxygens (including phenoxy) is 3. The predicted molar refractivity (Wildman–Crippen MR) is 144 cm³/mol. The Morgan fingerprint density at radius 1 is 1.13 bits per heavy atom. The van der Waals surface area contributed by atoms with E-state index in [2.05, 4.69) is 5.32 Å². The molecule has 38 heavy (non-hydrogen) atoms. The third kappa shape index (κ3) is 8.34. The minimum absolute atomic E-state index is 0.0696. The molecule has 0 spiro atoms. The molecule has 1 aromatic rings. The number of fused-ring (bicyclic) bond motifs is 2. The first kappa shape index (κ1) is 30.9. The molecule has 6 N–H and O–H groups in total. The number of rotatable bonds is 3. The number of nitrogens with one attached hydrogen (secondary N) is 1. The van der Waals surface area contributed by atoms with Crippen molar-refractivity contribution in [3.8, 4) is 11.5 Å². The van der Waals surface area contributed by atoms with Crippen LogP contribution in [0.1, 0.15) is 39.7 Å². The molecule has 1 aliphatic rings. The van der Waals surface area contributed by atoms with Crippen LogP contribution < -0.4 is 11.1 Å². The van der Waals surface area contributed by atoms with Gasteiger partial charge in [0.15, 0.2) is 17.6 Å². The number of aliphatic hydroxyl groups is 1. The van der Waals surface area contributed by atoms with E-state index in [1.807, 2.05) is 13.8 Å². The third-order valence-electron chi connectivity index (χ3n) is 6.65. The van der Waals surface area contributed by atoms with Gasteiger partial charge >= 0.3 is 6.09 Å². The lowest BCUT2D eigenvalue weighted by Crippen LogP contribution is -2.37. The zero-order valence-electron chi connectivity index (χ0n) is 22.8. The minimum Gasteiger partial charge on any atom is -0.504 e. The number of allylic oxidation sites excluding steroid dienone is 2. The van der Waals surface area contributed by atoms with E-state index >= 15 is 0 Å². The fourth-order valence-electron chi connectivity index (χ4n) is 4.54. The zero-order chi connectivity index (χ0) is 28.6. The van der Waals surface area contributed by atoms with Gasteiger partial charge in [-0.1, -0.05) is 38.2 Å². The van der Waals surface area contributed by atoms with Gasteiger partial charge in [-0.3, -0.25) is 4.79 Å². The van der Waals surface area contributed by atoms with Gasteiger partial charge in [-0.15, -0.1) is 0 Å². The number of benzene rings is 1. The van der Waals surface area contributed by atoms with Crippen LogP contribution in [-0.2, 0) is 25.4 Å². The summed E-state index contributed by atoms with van der Waals surface area (Å²) in [6.45, 7) is 7.13. The molecule has 0 aromatic heterocycles. The quantitative estimate of drug-likeness (QED) is 0.224. The van der Waals surface area contributed by atoms with Crippen molar-refractivity contribution >= 4 is 17.7 Å². The maximum absolute atomic E-state index is 12.8. The lowest BCUT2D eigenvalue weighted by molar-refractivity contribution is -0.112. The number of hydrogen-bond acceptors (Lipinski definition) is 8. The molecule has 0 saturated heterocycles. The topological polar surface area (TPSA) is 161 Å². The van der Waals surface area contributed by atoms with E-state index in [0.717, 1.165) is 0 Å². The maximum atomic E-state index is 12.8. The Balaban J connectivity index is 2.57. The summed E-state index contributed by atoms with van der Waals surface area (Å²) in [5.41, 5.74) is 7.07. The number of hydrogen-bond donors (Lipinski definition) is 5. The molecular weight excluding hydrogens is 492 g/mol. The second-order valence-electron chi connectivity index (χ2n) is 9.83. The number of carbonyl (C=O) groups is 2. The van der Waals surface area contributed by atoms with Crippen LogP contribution in [0.5, 0.6) is 11.5 Å². The van der Waals surface area contributed by atoms with E-state index in [1.54, 1.807) is 44.2 Å². The highest BCUT2D eigenvalue weighted by molar-refractivity contribution is 6.03. The van der Waals surface area contributed by atoms with Crippen LogP contribution in [0.3, 0.4) is 0 Å². The van der Waals surface area contributed by atoms with Crippen LogP contribution >= 0.6 is 0 Å². The Hall–Kier alpha value is -3.34. The van der Waals surface area contributed by atoms with Crippen LogP contribution in [0, 0.1) is 11.8 Å². The summed E-state index contributed by atoms with van der Waals surface area (Å²) < 4.78 is 16.5. The zero-order valence-corrected chi connectivity index (χ0v) is 22.8. The molecule has 2 amide bonds. The third-order valence-corrected chi connectivity index (χ3v) is 6.65. The van der Waals surface area contributed by atoms with E-state index in [-0.39, 0.29) is 23.3 Å². The molecule has 0 fully saturated rings. The predicted octanol–water partition coefficient (Wildman–Crippen LogP) is 3.56. The molecule has 10 heteroatoms. The van der Waals surface area contributed by atoms with Crippen LogP contribution in [0.25, 0.3) is 0 Å². The Bertz CT molecular complexity index is 1080. The second kappa shape index (κ2) is 14.0. The van der Waals surface area contributed by atoms with E-state index in [0.29, 0.717) is 35.2 Å². The van der Waals surface area contributed by atoms with Gasteiger partial charge in [0.25, 0.3) is 5.91 Å². The number of methoxy groups -OCH3 is 2. The van der Waals surface area contributed by atoms with Crippen molar-refractivity contribution < 1.29 is 39.1 Å². The summed E-state index contributed by atoms with van der Waals surface area (Å²) in [6.07, 6.45) is 3.34. The van der Waals surface area contributed by atoms with Crippen LogP contribution in [-0.4, -0.2) is 66.0 Å². The number of aliphatic hydroxyl groups excluding tert-OH is 1. The minimum atomic E-state index is -0.979. The molecule has 6 atom stereocenters. The van der Waals surface area contributed by atoms with Crippen molar-refractivity contribution in [3.05, 3.63) is 53.1 Å². The normalized spacial score (nSPS) is 31.3. The van der Waals surface area contributed by atoms with Crippen LogP contribution in [0.2, 0.25) is 0 Å². The highest BCUT2D eigenvalue weighted by Crippen LogP contribution is 2.35. The number of aromatic hydroxyl groups is 2. The summed E-state index contributed by atoms with van der Waals surface area (Å²) >= 11 is 0. The molecule has 10 nitrogen and oxygen atoms in total. The highest BCUT2D eigenvalue weighted by atomic mass is 16.6. The summed E-state index contributed by atoms with van der Waals surface area (Å²) in [4.78, 5) is 24.4. The molecule has 0 aliphatic carbocycles. The number of carbonyl (C=O) groups excluding carboxylic acids is 2. The van der Waals surface area contributed by atoms with Gasteiger partial charge in [0.05, 0.1) is 12.2 Å². The number of nitrogens with two attached hydrogens (primary N) is 1. The standard InChI is InChI=1S/C28H40N2O8/c1-15-10-19-13-20(14-21(31)25(19)33)30-27(34)16(2)8-7-9-22(36-5)26(38-28(29)35)18(4)12-17(3)24(32)23(11-15)37-6/h7-9,12-15,17,22-24,26,31-33H,10-11H2,1-6H3,(H2,29,35)(H,30,34)/b9-7-,16-8+,18-12+/t15-,17+,22?,23-,24-,26?/m1/s1. The van der Waals surface area contributed by atoms with Crippen molar-refractivity contribution in [1.82, 2.24) is 0 Å². The van der Waals surface area contributed by atoms with Crippen molar-refractivity contribution in [2.24, 2.45) is 17.6 Å². The van der Waals surface area contributed by atoms with Gasteiger partial charge in [0, 0.05) is 43.0 Å². The van der Waals surface area contributed by atoms with Crippen molar-refractivity contribution in [2.45, 2.75) is 65.0 Å². The molecule has 210 valence electrons. The smallest absolute Gasteiger partial charge is 0.405 e. The molecule has 1 aliphatic heterocycles. The molecule has 0 saturated carbocycles. The summed E-state index contributed by atoms with van der Waals surface area (Å²) in [5, 5.41) is 34.5. The molecular formula is C28H40N2O8. The Morgan fingerprint density at radius 2 is 1.82 bits per heavy atom. The van der Waals surface area contributed by atoms with Crippen molar-refractivity contribution in [2.75, 3.05) is 19.5 Å². The lowest BCUT2D eigenvalue weighted by Gasteiger charge is -2.29. The fraction of sp³-hybridized carbons (Fsp3) is 0.500. The van der Waals surface area contributed by atoms with E-state index in [4.69, 9.17) is 19.9 Å². The van der Waals surface area contributed by atoms with Gasteiger partial charge in [0.2, 0.25) is 0 Å². The summed E-state index contributed by atoms with van der Waals surface area (Å²) in [5.74, 6) is -1.48. The first-order valence-corrected chi connectivity index (χ1v) is 12.5. The number of phenols is 2. The van der Waals surface area contributed by atoms with E-state index < -0.39 is 36.4 Å². The molecule has 1 aromatic carbocycles. The first-order valence-electron chi connectivity index (χ1n) is 12.5. The second-order valence-corrected chi connectivity index (χ2v) is 9.83. The first-order chi connectivity index (χ1) is 17.9. The van der Waals surface area contributed by atoms with E-state index in [9.17, 15) is 24.9 Å². The fourth-order valence-corrected chi connectivity index (χ4v) is 4.54. The SMILES string of the molecule is COC1/C=C\C=C(/C)C(=O)Nc2cc(O)c(O)c(c2)C[C@@H](C)C[C@@H](OC)[C@H](O)[C@@H](C)/C=C(\C)C1OC(N)=O. The van der Waals surface area contributed by atoms with Gasteiger partial charge < -0.3 is 40.6 Å². The van der Waals surface area contributed by atoms with Gasteiger partial charge in [-0.2, -0.15) is 0 Å². The largest absolute Gasteiger partial charge is 0.504 e. The number of primary amides is 1. The Kier molecular flexibility index (Phi) is 11.4. The van der Waals surface area contributed by atoms with Crippen LogP contribution in [0.15, 0.2) is 47.6 Å². The van der Waals surface area contributed by atoms with Gasteiger partial charge in [-0.25, -0.2) is 4.79 Å². The summed E-state index contributed by atoms with van der Waals surface area (Å²) in [6, 6.07) is 2.89. The molecule has 2 unspecified atom stereocenters. The highest BCUT2D eigenvalue weighted by Gasteiger charge is 2.29.